The first-order valence-corrected chi connectivity index (χ1v) is 7.23. The summed E-state index contributed by atoms with van der Waals surface area (Å²) in [6.07, 6.45) is 1.97. The van der Waals surface area contributed by atoms with Gasteiger partial charge in [0.2, 0.25) is 0 Å². The highest BCUT2D eigenvalue weighted by atomic mass is 32.2. The molecule has 6 heteroatoms. The first-order chi connectivity index (χ1) is 8.93. The zero-order chi connectivity index (χ0) is 14.4. The molecule has 1 atom stereocenters. The Morgan fingerprint density at radius 1 is 1.42 bits per heavy atom. The molecule has 0 aromatic heterocycles. The van der Waals surface area contributed by atoms with Crippen molar-refractivity contribution in [3.63, 3.8) is 0 Å². The summed E-state index contributed by atoms with van der Waals surface area (Å²) in [7, 11) is 0. The third kappa shape index (κ3) is 4.82. The Hall–Kier alpha value is -1.69. The number of carbonyl (C=O) groups is 2. The summed E-state index contributed by atoms with van der Waals surface area (Å²) in [5.74, 6) is -0.181. The lowest BCUT2D eigenvalue weighted by Crippen LogP contribution is -2.37. The molecular formula is C13H18N2O3S. The molecule has 0 saturated heterocycles. The Bertz CT molecular complexity index is 477. The molecule has 0 spiro atoms. The van der Waals surface area contributed by atoms with E-state index in [0.29, 0.717) is 11.3 Å². The highest BCUT2D eigenvalue weighted by Gasteiger charge is 2.10. The van der Waals surface area contributed by atoms with E-state index in [1.165, 1.54) is 6.07 Å². The van der Waals surface area contributed by atoms with Gasteiger partial charge in [-0.2, -0.15) is 11.8 Å². The highest BCUT2D eigenvalue weighted by Crippen LogP contribution is 2.15. The average Bonchev–Trinajstić information content (AvgIpc) is 2.31. The Labute approximate surface area is 116 Å². The molecule has 0 aliphatic carbocycles. The van der Waals surface area contributed by atoms with Gasteiger partial charge in [0.1, 0.15) is 0 Å². The molecule has 19 heavy (non-hydrogen) atoms. The molecule has 3 N–H and O–H groups in total. The minimum absolute atomic E-state index is 0.0550. The number of hydrogen-bond acceptors (Lipinski definition) is 3. The SMILES string of the molecule is CSCC(C)NC(=O)Nc1ccc(C)c(C(=O)O)c1. The maximum Gasteiger partial charge on any atom is 0.336 e. The van der Waals surface area contributed by atoms with Crippen LogP contribution in [-0.2, 0) is 0 Å². The van der Waals surface area contributed by atoms with Gasteiger partial charge in [-0.3, -0.25) is 0 Å². The third-order valence-corrected chi connectivity index (χ3v) is 3.35. The summed E-state index contributed by atoms with van der Waals surface area (Å²) >= 11 is 1.65. The summed E-state index contributed by atoms with van der Waals surface area (Å²) < 4.78 is 0. The first-order valence-electron chi connectivity index (χ1n) is 5.84. The van der Waals surface area contributed by atoms with Crippen LogP contribution in [0.4, 0.5) is 10.5 Å². The van der Waals surface area contributed by atoms with E-state index in [0.717, 1.165) is 5.75 Å². The zero-order valence-electron chi connectivity index (χ0n) is 11.2. The van der Waals surface area contributed by atoms with Crippen molar-refractivity contribution < 1.29 is 14.7 Å². The number of aromatic carboxylic acids is 1. The van der Waals surface area contributed by atoms with E-state index in [4.69, 9.17) is 5.11 Å². The van der Waals surface area contributed by atoms with Crippen molar-refractivity contribution in [2.75, 3.05) is 17.3 Å². The number of carboxylic acids is 1. The number of aryl methyl sites for hydroxylation is 1. The van der Waals surface area contributed by atoms with Crippen LogP contribution in [0.25, 0.3) is 0 Å². The fourth-order valence-electron chi connectivity index (χ4n) is 1.61. The van der Waals surface area contributed by atoms with Crippen LogP contribution in [0.3, 0.4) is 0 Å². The van der Waals surface area contributed by atoms with Gasteiger partial charge in [-0.05, 0) is 37.8 Å². The number of carboxylic acid groups (broad SMARTS) is 1. The topological polar surface area (TPSA) is 78.4 Å². The second kappa shape index (κ2) is 7.04. The average molecular weight is 282 g/mol. The van der Waals surface area contributed by atoms with Crippen molar-refractivity contribution in [1.82, 2.24) is 5.32 Å². The highest BCUT2D eigenvalue weighted by molar-refractivity contribution is 7.98. The van der Waals surface area contributed by atoms with E-state index in [-0.39, 0.29) is 17.6 Å². The molecule has 0 saturated carbocycles. The standard InChI is InChI=1S/C13H18N2O3S/c1-8-4-5-10(6-11(8)12(16)17)15-13(18)14-9(2)7-19-3/h4-6,9H,7H2,1-3H3,(H,16,17)(H2,14,15,18). The van der Waals surface area contributed by atoms with Gasteiger partial charge in [0, 0.05) is 17.5 Å². The van der Waals surface area contributed by atoms with Crippen LogP contribution in [0.2, 0.25) is 0 Å². The van der Waals surface area contributed by atoms with Crippen LogP contribution in [0.15, 0.2) is 18.2 Å². The van der Waals surface area contributed by atoms with Gasteiger partial charge in [-0.15, -0.1) is 0 Å². The van der Waals surface area contributed by atoms with E-state index < -0.39 is 5.97 Å². The van der Waals surface area contributed by atoms with Crippen molar-refractivity contribution in [3.8, 4) is 0 Å². The lowest BCUT2D eigenvalue weighted by molar-refractivity contribution is 0.0696. The number of carbonyl (C=O) groups excluding carboxylic acids is 1. The van der Waals surface area contributed by atoms with Crippen LogP contribution >= 0.6 is 11.8 Å². The molecule has 1 rings (SSSR count). The second-order valence-corrected chi connectivity index (χ2v) is 5.20. The second-order valence-electron chi connectivity index (χ2n) is 4.29. The summed E-state index contributed by atoms with van der Waals surface area (Å²) in [6.45, 7) is 3.63. The molecule has 0 aliphatic rings. The fraction of sp³-hybridized carbons (Fsp3) is 0.385. The number of anilines is 1. The van der Waals surface area contributed by atoms with Gasteiger partial charge in [0.25, 0.3) is 0 Å². The quantitative estimate of drug-likeness (QED) is 0.775. The maximum atomic E-state index is 11.7. The van der Waals surface area contributed by atoms with Crippen LogP contribution in [-0.4, -0.2) is 35.2 Å². The number of amides is 2. The fourth-order valence-corrected chi connectivity index (χ4v) is 2.20. The minimum atomic E-state index is -1.00. The molecule has 104 valence electrons. The third-order valence-electron chi connectivity index (χ3n) is 2.52. The number of rotatable bonds is 5. The molecule has 0 fully saturated rings. The molecule has 1 unspecified atom stereocenters. The summed E-state index contributed by atoms with van der Waals surface area (Å²) in [5, 5.41) is 14.4. The van der Waals surface area contributed by atoms with E-state index in [9.17, 15) is 9.59 Å². The van der Waals surface area contributed by atoms with Gasteiger partial charge < -0.3 is 15.7 Å². The van der Waals surface area contributed by atoms with E-state index in [1.54, 1.807) is 30.8 Å². The van der Waals surface area contributed by atoms with Crippen molar-refractivity contribution >= 4 is 29.4 Å². The predicted octanol–water partition coefficient (Wildman–Crippen LogP) is 2.57. The molecule has 0 bridgehead atoms. The number of hydrogen-bond donors (Lipinski definition) is 3. The van der Waals surface area contributed by atoms with Crippen LogP contribution in [0.5, 0.6) is 0 Å². The predicted molar refractivity (Wildman–Crippen MR) is 78.1 cm³/mol. The Balaban J connectivity index is 2.69. The van der Waals surface area contributed by atoms with Gasteiger partial charge in [0.15, 0.2) is 0 Å². The molecule has 5 nitrogen and oxygen atoms in total. The monoisotopic (exact) mass is 282 g/mol. The Morgan fingerprint density at radius 3 is 2.68 bits per heavy atom. The van der Waals surface area contributed by atoms with E-state index in [1.807, 2.05) is 13.2 Å². The van der Waals surface area contributed by atoms with E-state index in [2.05, 4.69) is 10.6 Å². The molecule has 0 heterocycles. The van der Waals surface area contributed by atoms with Gasteiger partial charge in [-0.1, -0.05) is 6.07 Å². The van der Waals surface area contributed by atoms with Crippen molar-refractivity contribution in [1.29, 1.82) is 0 Å². The summed E-state index contributed by atoms with van der Waals surface area (Å²) in [4.78, 5) is 22.7. The Kier molecular flexibility index (Phi) is 5.69. The summed E-state index contributed by atoms with van der Waals surface area (Å²) in [5.41, 5.74) is 1.32. The largest absolute Gasteiger partial charge is 0.478 e. The maximum absolute atomic E-state index is 11.7. The lowest BCUT2D eigenvalue weighted by atomic mass is 10.1. The van der Waals surface area contributed by atoms with E-state index >= 15 is 0 Å². The van der Waals surface area contributed by atoms with Gasteiger partial charge >= 0.3 is 12.0 Å². The number of benzene rings is 1. The number of urea groups is 1. The minimum Gasteiger partial charge on any atom is -0.478 e. The molecule has 0 radical (unpaired) electrons. The van der Waals surface area contributed by atoms with Crippen molar-refractivity contribution in [2.24, 2.45) is 0 Å². The molecular weight excluding hydrogens is 264 g/mol. The Morgan fingerprint density at radius 2 is 2.11 bits per heavy atom. The van der Waals surface area contributed by atoms with Gasteiger partial charge in [-0.25, -0.2) is 9.59 Å². The number of nitrogens with one attached hydrogen (secondary N) is 2. The normalized spacial score (nSPS) is 11.7. The first kappa shape index (κ1) is 15.4. The van der Waals surface area contributed by atoms with Crippen LogP contribution in [0.1, 0.15) is 22.8 Å². The van der Waals surface area contributed by atoms with Crippen molar-refractivity contribution in [3.05, 3.63) is 29.3 Å². The van der Waals surface area contributed by atoms with Gasteiger partial charge in [0.05, 0.1) is 5.56 Å². The smallest absolute Gasteiger partial charge is 0.336 e. The van der Waals surface area contributed by atoms with Crippen molar-refractivity contribution in [2.45, 2.75) is 19.9 Å². The number of thioether (sulfide) groups is 1. The van der Waals surface area contributed by atoms with Crippen LogP contribution in [0, 0.1) is 6.92 Å². The lowest BCUT2D eigenvalue weighted by Gasteiger charge is -2.14. The molecule has 1 aromatic carbocycles. The molecule has 1 aromatic rings. The van der Waals surface area contributed by atoms with Crippen LogP contribution < -0.4 is 10.6 Å². The summed E-state index contributed by atoms with van der Waals surface area (Å²) in [6, 6.07) is 4.53. The molecule has 2 amide bonds. The zero-order valence-corrected chi connectivity index (χ0v) is 12.0. The molecule has 0 aliphatic heterocycles.